The number of carbonyl (C=O) groups excluding carboxylic acids is 1. The van der Waals surface area contributed by atoms with Crippen LogP contribution < -0.4 is 5.32 Å². The number of nitriles is 1. The van der Waals surface area contributed by atoms with E-state index in [1.807, 2.05) is 35.2 Å². The zero-order valence-electron chi connectivity index (χ0n) is 15.8. The molecule has 6 heteroatoms. The van der Waals surface area contributed by atoms with Crippen LogP contribution in [0.15, 0.2) is 42.5 Å². The maximum Gasteiger partial charge on any atom is 0.249 e. The van der Waals surface area contributed by atoms with E-state index in [1.165, 1.54) is 7.11 Å². The molecule has 2 aliphatic heterocycles. The van der Waals surface area contributed by atoms with Gasteiger partial charge in [0.1, 0.15) is 6.61 Å². The van der Waals surface area contributed by atoms with Crippen LogP contribution in [-0.4, -0.2) is 48.8 Å². The number of fused-ring (bicyclic) bond motifs is 3. The number of benzene rings is 2. The zero-order chi connectivity index (χ0) is 19.7. The third-order valence-corrected chi connectivity index (χ3v) is 5.78. The molecule has 4 rings (SSSR count). The minimum absolute atomic E-state index is 0.0267. The number of carbonyl (C=O) groups is 1. The fraction of sp³-hybridized carbons (Fsp3) is 0.364. The first kappa shape index (κ1) is 18.5. The second-order valence-corrected chi connectivity index (χ2v) is 7.35. The average Bonchev–Trinajstić information content (AvgIpc) is 3.18. The van der Waals surface area contributed by atoms with Gasteiger partial charge in [0.2, 0.25) is 5.91 Å². The number of hydrogen-bond acceptors (Lipinski definition) is 5. The molecule has 2 N–H and O–H groups in total. The Morgan fingerprint density at radius 1 is 1.32 bits per heavy atom. The van der Waals surface area contributed by atoms with Gasteiger partial charge in [-0.3, -0.25) is 4.79 Å². The summed E-state index contributed by atoms with van der Waals surface area (Å²) < 4.78 is 5.07. The van der Waals surface area contributed by atoms with Gasteiger partial charge < -0.3 is 20.1 Å². The molecule has 28 heavy (non-hydrogen) atoms. The number of ether oxygens (including phenoxy) is 1. The SMILES string of the molecule is COCC(=O)N1CC[C@@H]2[C@@H](CO)Nc3ccc(-c4cccc(C#N)c4)cc3[C@@H]21. The zero-order valence-corrected chi connectivity index (χ0v) is 15.8. The molecule has 0 saturated carbocycles. The Morgan fingerprint density at radius 3 is 2.89 bits per heavy atom. The number of aliphatic hydroxyl groups is 1. The predicted octanol–water partition coefficient (Wildman–Crippen LogP) is 2.55. The van der Waals surface area contributed by atoms with E-state index in [0.29, 0.717) is 12.1 Å². The molecule has 0 unspecified atom stereocenters. The van der Waals surface area contributed by atoms with Crippen LogP contribution in [0, 0.1) is 17.2 Å². The maximum atomic E-state index is 12.6. The van der Waals surface area contributed by atoms with Gasteiger partial charge in [-0.25, -0.2) is 0 Å². The molecule has 6 nitrogen and oxygen atoms in total. The van der Waals surface area contributed by atoms with Gasteiger partial charge in [-0.1, -0.05) is 18.2 Å². The molecule has 2 heterocycles. The normalized spacial score (nSPS) is 22.8. The number of nitrogens with one attached hydrogen (secondary N) is 1. The Hall–Kier alpha value is -2.88. The molecule has 1 saturated heterocycles. The van der Waals surface area contributed by atoms with Crippen LogP contribution in [-0.2, 0) is 9.53 Å². The molecule has 1 amide bonds. The summed E-state index contributed by atoms with van der Waals surface area (Å²) in [5.74, 6) is 0.121. The van der Waals surface area contributed by atoms with Gasteiger partial charge in [0, 0.05) is 25.3 Å². The predicted molar refractivity (Wildman–Crippen MR) is 106 cm³/mol. The van der Waals surface area contributed by atoms with Gasteiger partial charge in [-0.05, 0) is 47.4 Å². The summed E-state index contributed by atoms with van der Waals surface area (Å²) in [6.45, 7) is 0.738. The lowest BCUT2D eigenvalue weighted by molar-refractivity contribution is -0.136. The largest absolute Gasteiger partial charge is 0.394 e. The molecule has 0 radical (unpaired) electrons. The molecule has 0 spiro atoms. The molecule has 2 aliphatic rings. The number of nitrogens with zero attached hydrogens (tertiary/aromatic N) is 2. The first-order chi connectivity index (χ1) is 13.7. The molecule has 2 aromatic carbocycles. The minimum Gasteiger partial charge on any atom is -0.394 e. The number of rotatable bonds is 4. The van der Waals surface area contributed by atoms with Crippen molar-refractivity contribution in [2.75, 3.05) is 32.2 Å². The summed E-state index contributed by atoms with van der Waals surface area (Å²) in [4.78, 5) is 14.5. The molecule has 0 aliphatic carbocycles. The van der Waals surface area contributed by atoms with E-state index in [-0.39, 0.29) is 37.1 Å². The molecule has 144 valence electrons. The molecule has 0 aromatic heterocycles. The first-order valence-electron chi connectivity index (χ1n) is 9.46. The molecular weight excluding hydrogens is 354 g/mol. The third kappa shape index (κ3) is 3.13. The number of aliphatic hydroxyl groups excluding tert-OH is 1. The Balaban J connectivity index is 1.77. The van der Waals surface area contributed by atoms with Gasteiger partial charge >= 0.3 is 0 Å². The van der Waals surface area contributed by atoms with Crippen molar-refractivity contribution in [3.8, 4) is 17.2 Å². The number of likely N-dealkylation sites (tertiary alicyclic amines) is 1. The molecule has 1 fully saturated rings. The van der Waals surface area contributed by atoms with E-state index in [9.17, 15) is 15.2 Å². The van der Waals surface area contributed by atoms with Crippen LogP contribution in [0.4, 0.5) is 5.69 Å². The Morgan fingerprint density at radius 2 is 2.14 bits per heavy atom. The monoisotopic (exact) mass is 377 g/mol. The van der Waals surface area contributed by atoms with Crippen LogP contribution in [0.2, 0.25) is 0 Å². The molecule has 0 bridgehead atoms. The van der Waals surface area contributed by atoms with Gasteiger partial charge in [-0.15, -0.1) is 0 Å². The highest BCUT2D eigenvalue weighted by Gasteiger charge is 2.45. The summed E-state index contributed by atoms with van der Waals surface area (Å²) in [5, 5.41) is 22.5. The molecule has 2 aromatic rings. The van der Waals surface area contributed by atoms with Crippen molar-refractivity contribution in [1.82, 2.24) is 4.90 Å². The number of hydrogen-bond donors (Lipinski definition) is 2. The van der Waals surface area contributed by atoms with Crippen molar-refractivity contribution in [3.05, 3.63) is 53.6 Å². The number of amides is 1. The van der Waals surface area contributed by atoms with E-state index in [2.05, 4.69) is 17.5 Å². The van der Waals surface area contributed by atoms with Crippen molar-refractivity contribution in [2.24, 2.45) is 5.92 Å². The van der Waals surface area contributed by atoms with Crippen LogP contribution in [0.25, 0.3) is 11.1 Å². The van der Waals surface area contributed by atoms with Crippen LogP contribution >= 0.6 is 0 Å². The van der Waals surface area contributed by atoms with Crippen LogP contribution in [0.1, 0.15) is 23.6 Å². The summed E-state index contributed by atoms with van der Waals surface area (Å²) >= 11 is 0. The Labute approximate surface area is 164 Å². The van der Waals surface area contributed by atoms with Gasteiger partial charge in [-0.2, -0.15) is 5.26 Å². The molecule has 3 atom stereocenters. The van der Waals surface area contributed by atoms with Crippen LogP contribution in [0.5, 0.6) is 0 Å². The number of methoxy groups -OCH3 is 1. The average molecular weight is 377 g/mol. The standard InChI is InChI=1S/C22H23N3O3/c1-28-13-21(27)25-8-7-17-20(12-26)24-19-6-5-16(10-18(19)22(17)25)15-4-2-3-14(9-15)11-23/h2-6,9-10,17,20,22,24,26H,7-8,12-13H2,1H3/t17-,20-,22-/m1/s1. The van der Waals surface area contributed by atoms with E-state index in [1.54, 1.807) is 6.07 Å². The minimum atomic E-state index is -0.0878. The van der Waals surface area contributed by atoms with Gasteiger partial charge in [0.25, 0.3) is 0 Å². The smallest absolute Gasteiger partial charge is 0.249 e. The Bertz CT molecular complexity index is 937. The second kappa shape index (κ2) is 7.63. The topological polar surface area (TPSA) is 85.6 Å². The van der Waals surface area contributed by atoms with E-state index >= 15 is 0 Å². The lowest BCUT2D eigenvalue weighted by Gasteiger charge is -2.39. The summed E-state index contributed by atoms with van der Waals surface area (Å²) in [7, 11) is 1.53. The summed E-state index contributed by atoms with van der Waals surface area (Å²) in [6, 6.07) is 15.6. The quantitative estimate of drug-likeness (QED) is 0.855. The fourth-order valence-electron chi connectivity index (χ4n) is 4.50. The molecular formula is C22H23N3O3. The number of anilines is 1. The second-order valence-electron chi connectivity index (χ2n) is 7.35. The van der Waals surface area contributed by atoms with Gasteiger partial charge in [0.15, 0.2) is 0 Å². The fourth-order valence-corrected chi connectivity index (χ4v) is 4.50. The van der Waals surface area contributed by atoms with Crippen molar-refractivity contribution < 1.29 is 14.6 Å². The highest BCUT2D eigenvalue weighted by atomic mass is 16.5. The summed E-state index contributed by atoms with van der Waals surface area (Å²) in [5.41, 5.74) is 4.58. The highest BCUT2D eigenvalue weighted by Crippen LogP contribution is 2.47. The van der Waals surface area contributed by atoms with Crippen LogP contribution in [0.3, 0.4) is 0 Å². The Kier molecular flexibility index (Phi) is 5.03. The highest BCUT2D eigenvalue weighted by molar-refractivity contribution is 5.80. The van der Waals surface area contributed by atoms with E-state index < -0.39 is 0 Å². The van der Waals surface area contributed by atoms with E-state index in [4.69, 9.17) is 4.74 Å². The summed E-state index contributed by atoms with van der Waals surface area (Å²) in [6.07, 6.45) is 0.839. The van der Waals surface area contributed by atoms with Gasteiger partial charge in [0.05, 0.1) is 30.3 Å². The van der Waals surface area contributed by atoms with E-state index in [0.717, 1.165) is 28.8 Å². The maximum absolute atomic E-state index is 12.6. The lowest BCUT2D eigenvalue weighted by Crippen LogP contribution is -2.43. The lowest BCUT2D eigenvalue weighted by atomic mass is 9.82. The van der Waals surface area contributed by atoms with Crippen molar-refractivity contribution in [3.63, 3.8) is 0 Å². The van der Waals surface area contributed by atoms with Crippen molar-refractivity contribution in [2.45, 2.75) is 18.5 Å². The first-order valence-corrected chi connectivity index (χ1v) is 9.46. The van der Waals surface area contributed by atoms with Crippen molar-refractivity contribution >= 4 is 11.6 Å². The van der Waals surface area contributed by atoms with Crippen molar-refractivity contribution in [1.29, 1.82) is 5.26 Å². The third-order valence-electron chi connectivity index (χ3n) is 5.78.